The summed E-state index contributed by atoms with van der Waals surface area (Å²) in [6.07, 6.45) is 3.18. The highest BCUT2D eigenvalue weighted by Gasteiger charge is 2.26. The van der Waals surface area contributed by atoms with Crippen LogP contribution in [0.4, 0.5) is 5.82 Å². The lowest BCUT2D eigenvalue weighted by molar-refractivity contribution is 0.0526. The number of esters is 1. The van der Waals surface area contributed by atoms with Gasteiger partial charge in [0.1, 0.15) is 22.7 Å². The summed E-state index contributed by atoms with van der Waals surface area (Å²) in [5.41, 5.74) is 2.10. The Hall–Kier alpha value is -3.67. The number of aliphatic imine (C=N–C) groups is 1. The van der Waals surface area contributed by atoms with Gasteiger partial charge in [-0.25, -0.2) is 14.8 Å². The van der Waals surface area contributed by atoms with Crippen LogP contribution in [0.25, 0.3) is 21.7 Å². The average molecular weight is 388 g/mol. The Labute approximate surface area is 167 Å². The first kappa shape index (κ1) is 18.7. The van der Waals surface area contributed by atoms with Gasteiger partial charge in [0, 0.05) is 34.1 Å². The fraction of sp³-hybridized carbons (Fsp3) is 0.174. The first-order chi connectivity index (χ1) is 14.0. The number of phenolic OH excluding ortho intramolecular Hbond substituents is 1. The van der Waals surface area contributed by atoms with Gasteiger partial charge in [0.25, 0.3) is 0 Å². The van der Waals surface area contributed by atoms with E-state index in [1.54, 1.807) is 26.1 Å². The molecule has 0 aliphatic heterocycles. The summed E-state index contributed by atoms with van der Waals surface area (Å²) >= 11 is 0. The Morgan fingerprint density at radius 2 is 1.97 bits per heavy atom. The molecule has 0 saturated heterocycles. The summed E-state index contributed by atoms with van der Waals surface area (Å²) in [7, 11) is 0. The number of furan rings is 1. The van der Waals surface area contributed by atoms with Crippen molar-refractivity contribution in [2.24, 2.45) is 4.99 Å². The average Bonchev–Trinajstić information content (AvgIpc) is 3.06. The van der Waals surface area contributed by atoms with Crippen LogP contribution < -0.4 is 0 Å². The number of phenols is 1. The van der Waals surface area contributed by atoms with E-state index in [0.29, 0.717) is 44.4 Å². The van der Waals surface area contributed by atoms with Crippen molar-refractivity contribution in [2.75, 3.05) is 6.61 Å². The molecule has 6 heteroatoms. The number of pyridine rings is 1. The van der Waals surface area contributed by atoms with Crippen molar-refractivity contribution in [3.8, 4) is 5.75 Å². The SMILES string of the molecule is CCOC(=O)c1c(C)oc2c1c(/C=N/c1ncccc1C)c(O)c1ccccc12. The molecule has 2 heterocycles. The van der Waals surface area contributed by atoms with E-state index in [0.717, 1.165) is 5.56 Å². The third-order valence-electron chi connectivity index (χ3n) is 4.81. The molecule has 0 aliphatic carbocycles. The fourth-order valence-electron chi connectivity index (χ4n) is 3.46. The zero-order valence-electron chi connectivity index (χ0n) is 16.4. The van der Waals surface area contributed by atoms with Crippen molar-refractivity contribution < 1.29 is 19.1 Å². The van der Waals surface area contributed by atoms with E-state index >= 15 is 0 Å². The van der Waals surface area contributed by atoms with Crippen LogP contribution in [0.2, 0.25) is 0 Å². The number of aromatic nitrogens is 1. The van der Waals surface area contributed by atoms with Crippen molar-refractivity contribution in [1.82, 2.24) is 4.98 Å². The Balaban J connectivity index is 2.06. The van der Waals surface area contributed by atoms with Gasteiger partial charge in [-0.15, -0.1) is 0 Å². The molecule has 0 atom stereocenters. The molecular formula is C23H20N2O4. The van der Waals surface area contributed by atoms with E-state index in [1.165, 1.54) is 6.21 Å². The second-order valence-electron chi connectivity index (χ2n) is 6.67. The second-order valence-corrected chi connectivity index (χ2v) is 6.67. The third kappa shape index (κ3) is 3.12. The molecule has 6 nitrogen and oxygen atoms in total. The molecular weight excluding hydrogens is 368 g/mol. The zero-order chi connectivity index (χ0) is 20.5. The first-order valence-corrected chi connectivity index (χ1v) is 9.32. The van der Waals surface area contributed by atoms with Crippen LogP contribution in [0.15, 0.2) is 52.0 Å². The van der Waals surface area contributed by atoms with E-state index in [4.69, 9.17) is 9.15 Å². The highest BCUT2D eigenvalue weighted by atomic mass is 16.5. The summed E-state index contributed by atoms with van der Waals surface area (Å²) in [6, 6.07) is 11.1. The number of carbonyl (C=O) groups excluding carboxylic acids is 1. The van der Waals surface area contributed by atoms with Gasteiger partial charge >= 0.3 is 5.97 Å². The van der Waals surface area contributed by atoms with Gasteiger partial charge in [0.15, 0.2) is 5.82 Å². The standard InChI is InChI=1S/C23H20N2O4/c1-4-28-23(27)18-14(3)29-21-16-10-6-5-9-15(16)20(26)17(19(18)21)12-25-22-13(2)8-7-11-24-22/h5-12,26H,4H2,1-3H3/b25-12+. The van der Waals surface area contributed by atoms with Crippen molar-refractivity contribution in [1.29, 1.82) is 0 Å². The molecule has 0 fully saturated rings. The summed E-state index contributed by atoms with van der Waals surface area (Å²) in [4.78, 5) is 21.4. The number of aromatic hydroxyl groups is 1. The van der Waals surface area contributed by atoms with Crippen LogP contribution in [0.1, 0.15) is 34.2 Å². The second kappa shape index (κ2) is 7.39. The van der Waals surface area contributed by atoms with Gasteiger partial charge < -0.3 is 14.3 Å². The summed E-state index contributed by atoms with van der Waals surface area (Å²) in [5.74, 6) is 0.489. The molecule has 29 heavy (non-hydrogen) atoms. The monoisotopic (exact) mass is 388 g/mol. The Morgan fingerprint density at radius 1 is 1.21 bits per heavy atom. The zero-order valence-corrected chi connectivity index (χ0v) is 16.4. The van der Waals surface area contributed by atoms with Crippen LogP contribution in [0.3, 0.4) is 0 Å². The number of hydrogen-bond donors (Lipinski definition) is 1. The van der Waals surface area contributed by atoms with Crippen LogP contribution in [-0.4, -0.2) is 28.9 Å². The molecule has 4 aromatic rings. The van der Waals surface area contributed by atoms with Crippen LogP contribution in [0, 0.1) is 13.8 Å². The minimum Gasteiger partial charge on any atom is -0.507 e. The van der Waals surface area contributed by atoms with Gasteiger partial charge in [-0.2, -0.15) is 0 Å². The summed E-state index contributed by atoms with van der Waals surface area (Å²) in [5, 5.41) is 12.8. The molecule has 4 rings (SSSR count). The lowest BCUT2D eigenvalue weighted by Crippen LogP contribution is -2.06. The van der Waals surface area contributed by atoms with Gasteiger partial charge in [0.2, 0.25) is 0 Å². The minimum atomic E-state index is -0.498. The van der Waals surface area contributed by atoms with Crippen LogP contribution in [-0.2, 0) is 4.74 Å². The number of aryl methyl sites for hydroxylation is 2. The fourth-order valence-corrected chi connectivity index (χ4v) is 3.46. The molecule has 2 aromatic carbocycles. The number of nitrogens with zero attached hydrogens (tertiary/aromatic N) is 2. The third-order valence-corrected chi connectivity index (χ3v) is 4.81. The van der Waals surface area contributed by atoms with E-state index < -0.39 is 5.97 Å². The van der Waals surface area contributed by atoms with Crippen molar-refractivity contribution in [3.63, 3.8) is 0 Å². The highest BCUT2D eigenvalue weighted by molar-refractivity contribution is 6.21. The summed E-state index contributed by atoms with van der Waals surface area (Å²) in [6.45, 7) is 5.60. The van der Waals surface area contributed by atoms with Gasteiger partial charge in [-0.3, -0.25) is 0 Å². The van der Waals surface area contributed by atoms with Crippen molar-refractivity contribution in [2.45, 2.75) is 20.8 Å². The van der Waals surface area contributed by atoms with Gasteiger partial charge in [-0.05, 0) is 32.4 Å². The Kier molecular flexibility index (Phi) is 4.76. The minimum absolute atomic E-state index is 0.0248. The van der Waals surface area contributed by atoms with E-state index in [9.17, 15) is 9.90 Å². The smallest absolute Gasteiger partial charge is 0.342 e. The van der Waals surface area contributed by atoms with Gasteiger partial charge in [0.05, 0.1) is 6.61 Å². The van der Waals surface area contributed by atoms with Crippen LogP contribution in [0.5, 0.6) is 5.75 Å². The maximum absolute atomic E-state index is 12.6. The predicted octanol–water partition coefficient (Wildman–Crippen LogP) is 5.23. The lowest BCUT2D eigenvalue weighted by Gasteiger charge is -2.08. The number of fused-ring (bicyclic) bond motifs is 3. The number of benzene rings is 2. The molecule has 0 unspecified atom stereocenters. The Morgan fingerprint density at radius 3 is 2.69 bits per heavy atom. The van der Waals surface area contributed by atoms with E-state index in [2.05, 4.69) is 9.98 Å². The topological polar surface area (TPSA) is 84.9 Å². The molecule has 146 valence electrons. The largest absolute Gasteiger partial charge is 0.507 e. The number of carbonyl (C=O) groups is 1. The van der Waals surface area contributed by atoms with E-state index in [1.807, 2.05) is 37.3 Å². The molecule has 0 amide bonds. The number of ether oxygens (including phenoxy) is 1. The Bertz CT molecular complexity index is 1270. The maximum Gasteiger partial charge on any atom is 0.342 e. The molecule has 0 saturated carbocycles. The maximum atomic E-state index is 12.6. The number of rotatable bonds is 4. The first-order valence-electron chi connectivity index (χ1n) is 9.32. The van der Waals surface area contributed by atoms with E-state index in [-0.39, 0.29) is 12.4 Å². The lowest BCUT2D eigenvalue weighted by atomic mass is 9.98. The molecule has 0 bridgehead atoms. The van der Waals surface area contributed by atoms with Gasteiger partial charge in [-0.1, -0.05) is 30.3 Å². The number of hydrogen-bond acceptors (Lipinski definition) is 6. The molecule has 0 aliphatic rings. The van der Waals surface area contributed by atoms with Crippen LogP contribution >= 0.6 is 0 Å². The quantitative estimate of drug-likeness (QED) is 0.382. The normalized spacial score (nSPS) is 11.6. The molecule has 1 N–H and O–H groups in total. The predicted molar refractivity (Wildman–Crippen MR) is 112 cm³/mol. The van der Waals surface area contributed by atoms with Crippen molar-refractivity contribution >= 4 is 39.7 Å². The van der Waals surface area contributed by atoms with Crippen molar-refractivity contribution in [3.05, 3.63) is 65.0 Å². The molecule has 0 spiro atoms. The highest BCUT2D eigenvalue weighted by Crippen LogP contribution is 2.41. The molecule has 0 radical (unpaired) electrons. The molecule has 2 aromatic heterocycles. The summed E-state index contributed by atoms with van der Waals surface area (Å²) < 4.78 is 11.2.